The minimum atomic E-state index is 0.383. The molecule has 3 nitrogen and oxygen atoms in total. The Kier molecular flexibility index (Phi) is 3.80. The lowest BCUT2D eigenvalue weighted by atomic mass is 10.4. The van der Waals surface area contributed by atoms with Crippen LogP contribution in [0.3, 0.4) is 0 Å². The molecule has 0 bridgehead atoms. The number of aromatic amines is 2. The first-order valence-corrected chi connectivity index (χ1v) is 6.39. The lowest BCUT2D eigenvalue weighted by Gasteiger charge is -2.01. The largest absolute Gasteiger partial charge is 0.311 e. The highest BCUT2D eigenvalue weighted by molar-refractivity contribution is 7.99. The molecule has 82 valence electrons. The fourth-order valence-electron chi connectivity index (χ4n) is 1.08. The minimum Gasteiger partial charge on any atom is -0.311 e. The van der Waals surface area contributed by atoms with Gasteiger partial charge in [-0.3, -0.25) is 0 Å². The van der Waals surface area contributed by atoms with E-state index in [2.05, 4.69) is 27.6 Å². The number of hydrogen-bond acceptors (Lipinski definition) is 5. The molecule has 0 saturated heterocycles. The van der Waals surface area contributed by atoms with Gasteiger partial charge < -0.3 is 9.97 Å². The number of aromatic nitrogens is 3. The van der Waals surface area contributed by atoms with Crippen LogP contribution in [0.4, 0.5) is 0 Å². The van der Waals surface area contributed by atoms with Gasteiger partial charge in [0, 0.05) is 9.79 Å². The standard InChI is InChI=1S/C9H7N3S4/c13-5-2-1-3-6(4-5)16-9-11-7(14)10-8(15)12-9/h1-4,13H,(H2,10,11,12,14,15). The summed E-state index contributed by atoms with van der Waals surface area (Å²) in [6.07, 6.45) is 0. The molecule has 7 heteroatoms. The highest BCUT2D eigenvalue weighted by Gasteiger charge is 1.99. The van der Waals surface area contributed by atoms with E-state index in [1.54, 1.807) is 0 Å². The lowest BCUT2D eigenvalue weighted by molar-refractivity contribution is 0.872. The van der Waals surface area contributed by atoms with Crippen LogP contribution in [0.1, 0.15) is 0 Å². The molecular weight excluding hydrogens is 278 g/mol. The summed E-state index contributed by atoms with van der Waals surface area (Å²) in [6.45, 7) is 0. The van der Waals surface area contributed by atoms with Crippen LogP contribution in [-0.4, -0.2) is 15.0 Å². The lowest BCUT2D eigenvalue weighted by Crippen LogP contribution is -1.90. The SMILES string of the molecule is S=c1nc(Sc2cccc(S)c2)[nH]c(=S)[nH]1. The molecule has 2 aromatic rings. The summed E-state index contributed by atoms with van der Waals surface area (Å²) in [5.74, 6) is 0. The van der Waals surface area contributed by atoms with Crippen LogP contribution in [0, 0.1) is 9.54 Å². The first-order valence-electron chi connectivity index (χ1n) is 4.31. The molecule has 0 aliphatic rings. The Morgan fingerprint density at radius 3 is 2.75 bits per heavy atom. The van der Waals surface area contributed by atoms with Crippen LogP contribution >= 0.6 is 48.8 Å². The number of H-pyrrole nitrogens is 2. The van der Waals surface area contributed by atoms with Crippen molar-refractivity contribution in [2.75, 3.05) is 0 Å². The summed E-state index contributed by atoms with van der Waals surface area (Å²) < 4.78 is 0.859. The predicted octanol–water partition coefficient (Wildman–Crippen LogP) is 3.64. The van der Waals surface area contributed by atoms with E-state index in [1.807, 2.05) is 24.3 Å². The van der Waals surface area contributed by atoms with E-state index in [-0.39, 0.29) is 0 Å². The Hall–Kier alpha value is -0.630. The van der Waals surface area contributed by atoms with Gasteiger partial charge in [-0.2, -0.15) is 4.98 Å². The van der Waals surface area contributed by atoms with E-state index >= 15 is 0 Å². The van der Waals surface area contributed by atoms with Crippen molar-refractivity contribution in [2.45, 2.75) is 14.9 Å². The first kappa shape index (κ1) is 11.8. The summed E-state index contributed by atoms with van der Waals surface area (Å²) in [5.41, 5.74) is 0. The van der Waals surface area contributed by atoms with Crippen LogP contribution < -0.4 is 0 Å². The maximum Gasteiger partial charge on any atom is 0.201 e. The Balaban J connectivity index is 2.34. The molecule has 0 saturated carbocycles. The molecule has 2 N–H and O–H groups in total. The third kappa shape index (κ3) is 3.18. The highest BCUT2D eigenvalue weighted by Crippen LogP contribution is 2.25. The van der Waals surface area contributed by atoms with Crippen LogP contribution in [0.25, 0.3) is 0 Å². The van der Waals surface area contributed by atoms with Crippen LogP contribution in [0.15, 0.2) is 39.2 Å². The van der Waals surface area contributed by atoms with Crippen molar-refractivity contribution in [3.05, 3.63) is 33.8 Å². The molecule has 1 heterocycles. The predicted molar refractivity (Wildman–Crippen MR) is 72.4 cm³/mol. The van der Waals surface area contributed by atoms with Crippen molar-refractivity contribution in [2.24, 2.45) is 0 Å². The van der Waals surface area contributed by atoms with Crippen molar-refractivity contribution in [3.63, 3.8) is 0 Å². The van der Waals surface area contributed by atoms with Gasteiger partial charge in [-0.15, -0.1) is 12.6 Å². The van der Waals surface area contributed by atoms with Crippen LogP contribution in [0.2, 0.25) is 0 Å². The average molecular weight is 285 g/mol. The third-order valence-corrected chi connectivity index (χ3v) is 3.23. The number of hydrogen-bond donors (Lipinski definition) is 3. The smallest absolute Gasteiger partial charge is 0.201 e. The number of benzene rings is 1. The molecule has 0 aliphatic carbocycles. The van der Waals surface area contributed by atoms with Crippen molar-refractivity contribution >= 4 is 48.8 Å². The number of nitrogens with one attached hydrogen (secondary N) is 2. The van der Waals surface area contributed by atoms with E-state index in [0.717, 1.165) is 9.79 Å². The fourth-order valence-corrected chi connectivity index (χ4v) is 2.81. The topological polar surface area (TPSA) is 44.5 Å². The second kappa shape index (κ2) is 5.13. The second-order valence-electron chi connectivity index (χ2n) is 2.90. The van der Waals surface area contributed by atoms with Gasteiger partial charge in [0.05, 0.1) is 0 Å². The van der Waals surface area contributed by atoms with Gasteiger partial charge in [-0.05, 0) is 42.6 Å². The molecule has 0 atom stereocenters. The van der Waals surface area contributed by atoms with E-state index in [1.165, 1.54) is 11.8 Å². The third-order valence-electron chi connectivity index (χ3n) is 1.68. The Bertz CT molecular complexity index is 588. The number of nitrogens with zero attached hydrogens (tertiary/aromatic N) is 1. The van der Waals surface area contributed by atoms with Crippen LogP contribution in [-0.2, 0) is 0 Å². The normalized spacial score (nSPS) is 10.3. The first-order chi connectivity index (χ1) is 7.63. The minimum absolute atomic E-state index is 0.383. The zero-order valence-electron chi connectivity index (χ0n) is 7.93. The Morgan fingerprint density at radius 2 is 2.06 bits per heavy atom. The molecule has 1 aromatic heterocycles. The van der Waals surface area contributed by atoms with Crippen LogP contribution in [0.5, 0.6) is 0 Å². The molecule has 0 aliphatic heterocycles. The highest BCUT2D eigenvalue weighted by atomic mass is 32.2. The van der Waals surface area contributed by atoms with Gasteiger partial charge in [-0.25, -0.2) is 0 Å². The van der Waals surface area contributed by atoms with Crippen molar-refractivity contribution in [1.29, 1.82) is 0 Å². The second-order valence-corrected chi connectivity index (χ2v) is 5.27. The van der Waals surface area contributed by atoms with Crippen molar-refractivity contribution in [3.8, 4) is 0 Å². The Morgan fingerprint density at radius 1 is 1.25 bits per heavy atom. The zero-order valence-corrected chi connectivity index (χ0v) is 11.3. The molecule has 0 spiro atoms. The summed E-state index contributed by atoms with van der Waals surface area (Å²) in [6, 6.07) is 7.78. The number of thiol groups is 1. The van der Waals surface area contributed by atoms with Gasteiger partial charge in [0.25, 0.3) is 0 Å². The fraction of sp³-hybridized carbons (Fsp3) is 0. The van der Waals surface area contributed by atoms with E-state index in [9.17, 15) is 0 Å². The van der Waals surface area contributed by atoms with Crippen molar-refractivity contribution in [1.82, 2.24) is 15.0 Å². The molecular formula is C9H7N3S4. The maximum absolute atomic E-state index is 4.98. The average Bonchev–Trinajstić information content (AvgIpc) is 2.15. The van der Waals surface area contributed by atoms with Gasteiger partial charge in [0.15, 0.2) is 9.93 Å². The van der Waals surface area contributed by atoms with Gasteiger partial charge >= 0.3 is 0 Å². The summed E-state index contributed by atoms with van der Waals surface area (Å²) in [5, 5.41) is 0.674. The summed E-state index contributed by atoms with van der Waals surface area (Å²) in [7, 11) is 0. The van der Waals surface area contributed by atoms with Gasteiger partial charge in [0.1, 0.15) is 0 Å². The number of rotatable bonds is 2. The summed E-state index contributed by atoms with van der Waals surface area (Å²) in [4.78, 5) is 11.8. The molecule has 0 unspecified atom stereocenters. The molecule has 0 radical (unpaired) electrons. The summed E-state index contributed by atoms with van der Waals surface area (Å²) >= 11 is 15.7. The monoisotopic (exact) mass is 285 g/mol. The van der Waals surface area contributed by atoms with Gasteiger partial charge in [0.2, 0.25) is 4.77 Å². The van der Waals surface area contributed by atoms with E-state index in [0.29, 0.717) is 14.7 Å². The zero-order chi connectivity index (χ0) is 11.5. The molecule has 1 aromatic carbocycles. The quantitative estimate of drug-likeness (QED) is 0.582. The Labute approximate surface area is 112 Å². The van der Waals surface area contributed by atoms with Gasteiger partial charge in [-0.1, -0.05) is 17.8 Å². The molecule has 0 amide bonds. The van der Waals surface area contributed by atoms with E-state index < -0.39 is 0 Å². The molecule has 16 heavy (non-hydrogen) atoms. The van der Waals surface area contributed by atoms with E-state index in [4.69, 9.17) is 24.4 Å². The molecule has 0 fully saturated rings. The maximum atomic E-state index is 4.98. The molecule has 2 rings (SSSR count). The van der Waals surface area contributed by atoms with Crippen molar-refractivity contribution < 1.29 is 0 Å².